The first-order chi connectivity index (χ1) is 16.3. The molecule has 2 aromatic heterocycles. The molecule has 0 saturated heterocycles. The quantitative estimate of drug-likeness (QED) is 0.130. The van der Waals surface area contributed by atoms with E-state index in [1.165, 1.54) is 25.7 Å². The molecule has 5 nitrogen and oxygen atoms in total. The molecule has 4 rings (SSSR count). The highest BCUT2D eigenvalue weighted by Crippen LogP contribution is 2.32. The second-order valence-corrected chi connectivity index (χ2v) is 9.42. The van der Waals surface area contributed by atoms with Gasteiger partial charge in [0.05, 0.1) is 18.5 Å². The average Bonchev–Trinajstić information content (AvgIpc) is 3.32. The third-order valence-corrected chi connectivity index (χ3v) is 6.78. The molecule has 0 bridgehead atoms. The predicted octanol–water partition coefficient (Wildman–Crippen LogP) is 6.94. The molecule has 0 aliphatic heterocycles. The molecule has 0 unspecified atom stereocenters. The van der Waals surface area contributed by atoms with E-state index in [2.05, 4.69) is 53.5 Å². The number of carbonyl (C=O) groups excluding carboxylic acids is 1. The zero-order valence-corrected chi connectivity index (χ0v) is 20.0. The number of pyridine rings is 1. The Kier molecular flexibility index (Phi) is 8.36. The first-order valence-corrected chi connectivity index (χ1v) is 12.8. The fourth-order valence-electron chi connectivity index (χ4n) is 4.01. The fraction of sp³-hybridized carbons (Fsp3) is 0.370. The van der Waals surface area contributed by atoms with Gasteiger partial charge in [-0.1, -0.05) is 75.4 Å². The van der Waals surface area contributed by atoms with E-state index in [9.17, 15) is 4.79 Å². The lowest BCUT2D eigenvalue weighted by atomic mass is 10.0. The summed E-state index contributed by atoms with van der Waals surface area (Å²) in [4.78, 5) is 13.2. The van der Waals surface area contributed by atoms with Gasteiger partial charge < -0.3 is 4.74 Å². The van der Waals surface area contributed by atoms with Crippen LogP contribution in [0.5, 0.6) is 0 Å². The smallest absolute Gasteiger partial charge is 0.306 e. The Morgan fingerprint density at radius 3 is 2.67 bits per heavy atom. The minimum absolute atomic E-state index is 0.107. The number of hydrogen-bond donors (Lipinski definition) is 0. The Balaban J connectivity index is 1.36. The van der Waals surface area contributed by atoms with Crippen molar-refractivity contribution in [2.75, 3.05) is 12.4 Å². The summed E-state index contributed by atoms with van der Waals surface area (Å²) in [7, 11) is 0. The largest absolute Gasteiger partial charge is 0.466 e. The van der Waals surface area contributed by atoms with Gasteiger partial charge in [0.2, 0.25) is 0 Å². The maximum absolute atomic E-state index is 12.1. The SMILES string of the molecule is CCCCCCCCOC(=O)CCSc1ccc2c(-c3ccccc3)cc3nncn3c2c1. The van der Waals surface area contributed by atoms with Crippen LogP contribution in [-0.2, 0) is 9.53 Å². The van der Waals surface area contributed by atoms with Crippen LogP contribution in [0.3, 0.4) is 0 Å². The van der Waals surface area contributed by atoms with Gasteiger partial charge in [0, 0.05) is 16.0 Å². The van der Waals surface area contributed by atoms with Crippen molar-refractivity contribution in [2.45, 2.75) is 56.8 Å². The Bertz CT molecular complexity index is 1190. The van der Waals surface area contributed by atoms with E-state index in [4.69, 9.17) is 4.74 Å². The first-order valence-electron chi connectivity index (χ1n) is 11.9. The maximum Gasteiger partial charge on any atom is 0.306 e. The molecule has 0 fully saturated rings. The van der Waals surface area contributed by atoms with Gasteiger partial charge in [0.1, 0.15) is 6.33 Å². The highest BCUT2D eigenvalue weighted by molar-refractivity contribution is 7.99. The summed E-state index contributed by atoms with van der Waals surface area (Å²) in [5, 5.41) is 9.52. The predicted molar refractivity (Wildman–Crippen MR) is 136 cm³/mol. The van der Waals surface area contributed by atoms with E-state index in [1.807, 2.05) is 22.6 Å². The van der Waals surface area contributed by atoms with Gasteiger partial charge >= 0.3 is 5.97 Å². The van der Waals surface area contributed by atoms with E-state index < -0.39 is 0 Å². The second kappa shape index (κ2) is 11.8. The van der Waals surface area contributed by atoms with E-state index in [1.54, 1.807) is 18.1 Å². The molecule has 0 atom stereocenters. The van der Waals surface area contributed by atoms with Crippen molar-refractivity contribution in [1.29, 1.82) is 0 Å². The Labute approximate surface area is 199 Å². The highest BCUT2D eigenvalue weighted by atomic mass is 32.2. The van der Waals surface area contributed by atoms with Crippen LogP contribution < -0.4 is 0 Å². The number of unbranched alkanes of at least 4 members (excludes halogenated alkanes) is 5. The normalized spacial score (nSPS) is 11.3. The van der Waals surface area contributed by atoms with Crippen molar-refractivity contribution in [3.63, 3.8) is 0 Å². The molecule has 0 radical (unpaired) electrons. The average molecular weight is 462 g/mol. The van der Waals surface area contributed by atoms with Crippen LogP contribution in [0.4, 0.5) is 0 Å². The molecule has 0 amide bonds. The van der Waals surface area contributed by atoms with Crippen LogP contribution in [0.15, 0.2) is 65.8 Å². The summed E-state index contributed by atoms with van der Waals surface area (Å²) in [5.41, 5.74) is 4.18. The summed E-state index contributed by atoms with van der Waals surface area (Å²) in [6.45, 7) is 2.76. The fourth-order valence-corrected chi connectivity index (χ4v) is 4.88. The number of rotatable bonds is 12. The molecule has 172 valence electrons. The molecule has 33 heavy (non-hydrogen) atoms. The molecule has 0 spiro atoms. The number of fused-ring (bicyclic) bond motifs is 3. The number of thioether (sulfide) groups is 1. The number of hydrogen-bond acceptors (Lipinski definition) is 5. The van der Waals surface area contributed by atoms with Gasteiger partial charge in [0.25, 0.3) is 0 Å². The van der Waals surface area contributed by atoms with E-state index in [0.717, 1.165) is 45.4 Å². The molecule has 2 aromatic carbocycles. The van der Waals surface area contributed by atoms with Crippen molar-refractivity contribution in [3.8, 4) is 11.1 Å². The van der Waals surface area contributed by atoms with Crippen LogP contribution in [-0.4, -0.2) is 32.9 Å². The number of esters is 1. The second-order valence-electron chi connectivity index (χ2n) is 8.25. The molecule has 0 saturated carbocycles. The van der Waals surface area contributed by atoms with Crippen molar-refractivity contribution >= 4 is 34.3 Å². The van der Waals surface area contributed by atoms with Crippen molar-refractivity contribution in [3.05, 3.63) is 60.9 Å². The van der Waals surface area contributed by atoms with Crippen molar-refractivity contribution < 1.29 is 9.53 Å². The zero-order chi connectivity index (χ0) is 22.9. The lowest BCUT2D eigenvalue weighted by Crippen LogP contribution is -2.06. The number of aromatic nitrogens is 3. The monoisotopic (exact) mass is 461 g/mol. The summed E-state index contributed by atoms with van der Waals surface area (Å²) in [6, 6.07) is 18.8. The third kappa shape index (κ3) is 6.14. The number of carbonyl (C=O) groups is 1. The van der Waals surface area contributed by atoms with E-state index in [0.29, 0.717) is 18.8 Å². The summed E-state index contributed by atoms with van der Waals surface area (Å²) >= 11 is 1.67. The van der Waals surface area contributed by atoms with Crippen LogP contribution in [0, 0.1) is 0 Å². The van der Waals surface area contributed by atoms with Gasteiger partial charge in [0.15, 0.2) is 5.65 Å². The van der Waals surface area contributed by atoms with Gasteiger partial charge in [-0.25, -0.2) is 0 Å². The maximum atomic E-state index is 12.1. The number of nitrogens with zero attached hydrogens (tertiary/aromatic N) is 3. The van der Waals surface area contributed by atoms with Crippen molar-refractivity contribution in [2.24, 2.45) is 0 Å². The Morgan fingerprint density at radius 1 is 1.00 bits per heavy atom. The zero-order valence-electron chi connectivity index (χ0n) is 19.2. The van der Waals surface area contributed by atoms with Gasteiger partial charge in [-0.3, -0.25) is 9.20 Å². The molecule has 4 aromatic rings. The topological polar surface area (TPSA) is 56.5 Å². The number of benzene rings is 2. The number of ether oxygens (including phenoxy) is 1. The molecule has 0 N–H and O–H groups in total. The van der Waals surface area contributed by atoms with Crippen LogP contribution in [0.1, 0.15) is 51.9 Å². The molecular formula is C27H31N3O2S. The summed E-state index contributed by atoms with van der Waals surface area (Å²) in [6.07, 6.45) is 9.33. The lowest BCUT2D eigenvalue weighted by Gasteiger charge is -2.11. The van der Waals surface area contributed by atoms with Crippen molar-refractivity contribution in [1.82, 2.24) is 14.6 Å². The molecular weight excluding hydrogens is 430 g/mol. The third-order valence-electron chi connectivity index (χ3n) is 5.79. The molecule has 2 heterocycles. The minimum Gasteiger partial charge on any atom is -0.466 e. The summed E-state index contributed by atoms with van der Waals surface area (Å²) in [5.74, 6) is 0.592. The molecule has 6 heteroatoms. The Morgan fingerprint density at radius 2 is 1.82 bits per heavy atom. The van der Waals surface area contributed by atoms with Gasteiger partial charge in [-0.15, -0.1) is 22.0 Å². The van der Waals surface area contributed by atoms with Crippen LogP contribution >= 0.6 is 11.8 Å². The van der Waals surface area contributed by atoms with E-state index in [-0.39, 0.29) is 5.97 Å². The highest BCUT2D eigenvalue weighted by Gasteiger charge is 2.11. The van der Waals surface area contributed by atoms with Crippen LogP contribution in [0.2, 0.25) is 0 Å². The molecule has 0 aliphatic carbocycles. The first kappa shape index (κ1) is 23.3. The Hall–Kier alpha value is -2.86. The van der Waals surface area contributed by atoms with Gasteiger partial charge in [-0.2, -0.15) is 0 Å². The van der Waals surface area contributed by atoms with Crippen LogP contribution in [0.25, 0.3) is 27.7 Å². The summed E-state index contributed by atoms with van der Waals surface area (Å²) < 4.78 is 7.41. The molecule has 0 aliphatic rings. The van der Waals surface area contributed by atoms with E-state index >= 15 is 0 Å². The lowest BCUT2D eigenvalue weighted by molar-refractivity contribution is -0.143. The minimum atomic E-state index is -0.107. The standard InChI is InChI=1S/C27H31N3O2S/c1-2-3-4-5-6-10-16-32-27(31)15-17-33-22-13-14-23-24(21-11-8-7-9-12-21)19-26-29-28-20-30(26)25(23)18-22/h7-9,11-14,18-20H,2-6,10,15-17H2,1H3. The van der Waals surface area contributed by atoms with Gasteiger partial charge in [-0.05, 0) is 35.7 Å².